The summed E-state index contributed by atoms with van der Waals surface area (Å²) in [6.45, 7) is 3.79. The van der Waals surface area contributed by atoms with Crippen LogP contribution in [-0.2, 0) is 20.4 Å². The standard InChI is InChI=1S/C15H22N2O3S/c1-12(14-9-16-10-14)15(18)17-7-8-21(19,20)11-13-5-3-2-4-6-13/h2-6,12,14,16H,7-11H2,1H3,(H,17,18). The lowest BCUT2D eigenvalue weighted by atomic mass is 9.88. The van der Waals surface area contributed by atoms with Crippen LogP contribution in [0.5, 0.6) is 0 Å². The maximum Gasteiger partial charge on any atom is 0.223 e. The lowest BCUT2D eigenvalue weighted by Gasteiger charge is -2.31. The summed E-state index contributed by atoms with van der Waals surface area (Å²) >= 11 is 0. The lowest BCUT2D eigenvalue weighted by molar-refractivity contribution is -0.126. The van der Waals surface area contributed by atoms with Gasteiger partial charge in [-0.3, -0.25) is 4.79 Å². The van der Waals surface area contributed by atoms with Gasteiger partial charge in [-0.05, 0) is 24.6 Å². The third kappa shape index (κ3) is 4.82. The second-order valence-electron chi connectivity index (χ2n) is 5.58. The second-order valence-corrected chi connectivity index (χ2v) is 7.76. The van der Waals surface area contributed by atoms with E-state index in [1.807, 2.05) is 25.1 Å². The van der Waals surface area contributed by atoms with Crippen LogP contribution in [0.3, 0.4) is 0 Å². The second kappa shape index (κ2) is 7.04. The Morgan fingerprint density at radius 1 is 1.33 bits per heavy atom. The highest BCUT2D eigenvalue weighted by Gasteiger charge is 2.28. The molecule has 6 heteroatoms. The maximum absolute atomic E-state index is 12.0. The third-order valence-corrected chi connectivity index (χ3v) is 5.47. The van der Waals surface area contributed by atoms with Crippen molar-refractivity contribution >= 4 is 15.7 Å². The van der Waals surface area contributed by atoms with Gasteiger partial charge in [0, 0.05) is 12.5 Å². The number of carbonyl (C=O) groups is 1. The van der Waals surface area contributed by atoms with Crippen LogP contribution in [0.2, 0.25) is 0 Å². The molecule has 1 atom stereocenters. The van der Waals surface area contributed by atoms with Crippen LogP contribution >= 0.6 is 0 Å². The molecular weight excluding hydrogens is 288 g/mol. The molecule has 1 aromatic rings. The van der Waals surface area contributed by atoms with Gasteiger partial charge in [0.2, 0.25) is 5.91 Å². The van der Waals surface area contributed by atoms with Gasteiger partial charge >= 0.3 is 0 Å². The first-order valence-corrected chi connectivity index (χ1v) is 9.03. The van der Waals surface area contributed by atoms with Gasteiger partial charge in [0.1, 0.15) is 0 Å². The minimum atomic E-state index is -3.19. The monoisotopic (exact) mass is 310 g/mol. The average molecular weight is 310 g/mol. The van der Waals surface area contributed by atoms with Gasteiger partial charge in [0.25, 0.3) is 0 Å². The average Bonchev–Trinajstić information content (AvgIpc) is 2.36. The van der Waals surface area contributed by atoms with Crippen LogP contribution < -0.4 is 10.6 Å². The van der Waals surface area contributed by atoms with Crippen molar-refractivity contribution in [1.82, 2.24) is 10.6 Å². The minimum absolute atomic E-state index is 0.0197. The molecule has 0 radical (unpaired) electrons. The van der Waals surface area contributed by atoms with Crippen molar-refractivity contribution in [2.75, 3.05) is 25.4 Å². The fourth-order valence-electron chi connectivity index (χ4n) is 2.27. The Labute approximate surface area is 126 Å². The first kappa shape index (κ1) is 16.0. The zero-order valence-corrected chi connectivity index (χ0v) is 13.0. The van der Waals surface area contributed by atoms with E-state index in [-0.39, 0.29) is 29.9 Å². The van der Waals surface area contributed by atoms with Crippen LogP contribution in [-0.4, -0.2) is 39.7 Å². The van der Waals surface area contributed by atoms with E-state index >= 15 is 0 Å². The Bertz CT molecular complexity index is 568. The van der Waals surface area contributed by atoms with E-state index in [1.54, 1.807) is 12.1 Å². The van der Waals surface area contributed by atoms with Crippen molar-refractivity contribution in [1.29, 1.82) is 0 Å². The van der Waals surface area contributed by atoms with Crippen molar-refractivity contribution in [3.63, 3.8) is 0 Å². The molecule has 0 aromatic heterocycles. The van der Waals surface area contributed by atoms with Crippen molar-refractivity contribution < 1.29 is 13.2 Å². The molecule has 1 aliphatic rings. The van der Waals surface area contributed by atoms with E-state index in [2.05, 4.69) is 10.6 Å². The van der Waals surface area contributed by atoms with E-state index in [4.69, 9.17) is 0 Å². The highest BCUT2D eigenvalue weighted by Crippen LogP contribution is 2.15. The first-order chi connectivity index (χ1) is 9.98. The number of benzene rings is 1. The number of nitrogens with one attached hydrogen (secondary N) is 2. The van der Waals surface area contributed by atoms with Crippen LogP contribution in [0.4, 0.5) is 0 Å². The van der Waals surface area contributed by atoms with E-state index in [0.29, 0.717) is 5.92 Å². The molecule has 2 N–H and O–H groups in total. The quantitative estimate of drug-likeness (QED) is 0.772. The predicted octanol–water partition coefficient (Wildman–Crippen LogP) is 0.573. The molecule has 1 heterocycles. The van der Waals surface area contributed by atoms with E-state index < -0.39 is 9.84 Å². The molecule has 0 aliphatic carbocycles. The molecule has 0 saturated carbocycles. The van der Waals surface area contributed by atoms with Gasteiger partial charge in [0.05, 0.1) is 11.5 Å². The molecule has 5 nitrogen and oxygen atoms in total. The molecule has 1 unspecified atom stereocenters. The van der Waals surface area contributed by atoms with E-state index in [1.165, 1.54) is 0 Å². The molecule has 1 amide bonds. The molecule has 0 spiro atoms. The summed E-state index contributed by atoms with van der Waals surface area (Å²) in [4.78, 5) is 11.9. The van der Waals surface area contributed by atoms with Crippen molar-refractivity contribution in [3.8, 4) is 0 Å². The zero-order chi connectivity index (χ0) is 15.3. The van der Waals surface area contributed by atoms with E-state index in [0.717, 1.165) is 18.7 Å². The Balaban J connectivity index is 1.75. The largest absolute Gasteiger partial charge is 0.355 e. The summed E-state index contributed by atoms with van der Waals surface area (Å²) < 4.78 is 24.0. The molecule has 1 aliphatic heterocycles. The topological polar surface area (TPSA) is 75.3 Å². The van der Waals surface area contributed by atoms with Crippen molar-refractivity contribution in [2.24, 2.45) is 11.8 Å². The molecule has 2 rings (SSSR count). The number of carbonyl (C=O) groups excluding carboxylic acids is 1. The third-order valence-electron chi connectivity index (χ3n) is 3.88. The molecule has 0 bridgehead atoms. The molecule has 1 fully saturated rings. The number of hydrogen-bond acceptors (Lipinski definition) is 4. The fourth-order valence-corrected chi connectivity index (χ4v) is 3.53. The Morgan fingerprint density at radius 2 is 2.00 bits per heavy atom. The van der Waals surface area contributed by atoms with Gasteiger partial charge in [-0.25, -0.2) is 8.42 Å². The summed E-state index contributed by atoms with van der Waals surface area (Å²) in [5, 5.41) is 5.86. The number of hydrogen-bond donors (Lipinski definition) is 2. The minimum Gasteiger partial charge on any atom is -0.355 e. The van der Waals surface area contributed by atoms with Crippen LogP contribution in [0.1, 0.15) is 12.5 Å². The highest BCUT2D eigenvalue weighted by atomic mass is 32.2. The predicted molar refractivity (Wildman–Crippen MR) is 82.5 cm³/mol. The van der Waals surface area contributed by atoms with Crippen molar-refractivity contribution in [3.05, 3.63) is 35.9 Å². The summed E-state index contributed by atoms with van der Waals surface area (Å²) in [6.07, 6.45) is 0. The Kier molecular flexibility index (Phi) is 5.36. The van der Waals surface area contributed by atoms with Gasteiger partial charge in [0.15, 0.2) is 9.84 Å². The van der Waals surface area contributed by atoms with Gasteiger partial charge in [-0.1, -0.05) is 37.3 Å². The molecular formula is C15H22N2O3S. The fraction of sp³-hybridized carbons (Fsp3) is 0.533. The highest BCUT2D eigenvalue weighted by molar-refractivity contribution is 7.90. The molecule has 1 aromatic carbocycles. The number of sulfone groups is 1. The summed E-state index contributed by atoms with van der Waals surface area (Å²) in [6, 6.07) is 9.08. The number of rotatable bonds is 7. The molecule has 1 saturated heterocycles. The van der Waals surface area contributed by atoms with Crippen LogP contribution in [0.15, 0.2) is 30.3 Å². The van der Waals surface area contributed by atoms with Gasteiger partial charge < -0.3 is 10.6 Å². The Hall–Kier alpha value is -1.40. The van der Waals surface area contributed by atoms with Crippen LogP contribution in [0, 0.1) is 11.8 Å². The number of amides is 1. The SMILES string of the molecule is CC(C(=O)NCCS(=O)(=O)Cc1ccccc1)C1CNC1. The first-order valence-electron chi connectivity index (χ1n) is 7.21. The summed E-state index contributed by atoms with van der Waals surface area (Å²) in [5.41, 5.74) is 0.776. The van der Waals surface area contributed by atoms with Crippen LogP contribution in [0.25, 0.3) is 0 Å². The normalized spacial score (nSPS) is 17.0. The van der Waals surface area contributed by atoms with Gasteiger partial charge in [-0.2, -0.15) is 0 Å². The van der Waals surface area contributed by atoms with Crippen molar-refractivity contribution in [2.45, 2.75) is 12.7 Å². The summed E-state index contributed by atoms with van der Waals surface area (Å²) in [5.74, 6) is 0.236. The molecule has 116 valence electrons. The Morgan fingerprint density at radius 3 is 2.57 bits per heavy atom. The lowest BCUT2D eigenvalue weighted by Crippen LogP contribution is -2.50. The maximum atomic E-state index is 12.0. The smallest absolute Gasteiger partial charge is 0.223 e. The molecule has 21 heavy (non-hydrogen) atoms. The zero-order valence-electron chi connectivity index (χ0n) is 12.2. The van der Waals surface area contributed by atoms with E-state index in [9.17, 15) is 13.2 Å². The summed E-state index contributed by atoms with van der Waals surface area (Å²) in [7, 11) is -3.19. The van der Waals surface area contributed by atoms with Gasteiger partial charge in [-0.15, -0.1) is 0 Å².